The van der Waals surface area contributed by atoms with Gasteiger partial charge in [0.25, 0.3) is 0 Å². The molecule has 1 aromatic carbocycles. The topological polar surface area (TPSA) is 28.4 Å². The van der Waals surface area contributed by atoms with Gasteiger partial charge >= 0.3 is 0 Å². The quantitative estimate of drug-likeness (QED) is 0.915. The van der Waals surface area contributed by atoms with E-state index in [1.807, 2.05) is 6.26 Å². The summed E-state index contributed by atoms with van der Waals surface area (Å²) < 4.78 is 5.61. The van der Waals surface area contributed by atoms with E-state index >= 15 is 0 Å². The first-order valence-corrected chi connectivity index (χ1v) is 7.92. The van der Waals surface area contributed by atoms with Crippen LogP contribution in [-0.2, 0) is 25.9 Å². The highest BCUT2D eigenvalue weighted by atomic mass is 16.3. The molecule has 0 unspecified atom stereocenters. The molecule has 3 nitrogen and oxygen atoms in total. The van der Waals surface area contributed by atoms with Crippen LogP contribution in [-0.4, -0.2) is 24.5 Å². The molecule has 3 rings (SSSR count). The van der Waals surface area contributed by atoms with Crippen molar-refractivity contribution in [2.75, 3.05) is 19.6 Å². The minimum Gasteiger partial charge on any atom is -0.468 e. The number of nitrogens with one attached hydrogen (secondary N) is 1. The molecule has 3 heteroatoms. The molecule has 1 aliphatic heterocycles. The molecule has 2 aromatic rings. The largest absolute Gasteiger partial charge is 0.468 e. The molecule has 0 radical (unpaired) electrons. The second-order valence-electron chi connectivity index (χ2n) is 5.69. The fourth-order valence-electron chi connectivity index (χ4n) is 3.01. The van der Waals surface area contributed by atoms with Gasteiger partial charge in [0, 0.05) is 25.2 Å². The van der Waals surface area contributed by atoms with Crippen LogP contribution >= 0.6 is 0 Å². The molecule has 1 N–H and O–H groups in total. The van der Waals surface area contributed by atoms with E-state index in [-0.39, 0.29) is 0 Å². The summed E-state index contributed by atoms with van der Waals surface area (Å²) in [4.78, 5) is 2.54. The van der Waals surface area contributed by atoms with Crippen LogP contribution < -0.4 is 5.32 Å². The fraction of sp³-hybridized carbons (Fsp3) is 0.444. The van der Waals surface area contributed by atoms with Crippen molar-refractivity contribution >= 4 is 0 Å². The number of hydrogen-bond donors (Lipinski definition) is 1. The van der Waals surface area contributed by atoms with Gasteiger partial charge in [-0.1, -0.05) is 31.2 Å². The van der Waals surface area contributed by atoms with Crippen molar-refractivity contribution in [3.05, 3.63) is 59.0 Å². The predicted molar refractivity (Wildman–Crippen MR) is 85.2 cm³/mol. The molecule has 0 amide bonds. The first-order valence-electron chi connectivity index (χ1n) is 7.92. The van der Waals surface area contributed by atoms with Gasteiger partial charge in [-0.05, 0) is 36.6 Å². The average Bonchev–Trinajstić information content (AvgIpc) is 2.85. The van der Waals surface area contributed by atoms with Crippen molar-refractivity contribution in [2.45, 2.75) is 32.9 Å². The van der Waals surface area contributed by atoms with Crippen LogP contribution in [0.2, 0.25) is 0 Å². The van der Waals surface area contributed by atoms with E-state index in [9.17, 15) is 0 Å². The van der Waals surface area contributed by atoms with E-state index in [0.29, 0.717) is 0 Å². The van der Waals surface area contributed by atoms with Crippen molar-refractivity contribution < 1.29 is 4.42 Å². The summed E-state index contributed by atoms with van der Waals surface area (Å²) >= 11 is 0. The molecule has 0 fully saturated rings. The van der Waals surface area contributed by atoms with Crippen molar-refractivity contribution in [3.8, 4) is 0 Å². The third-order valence-corrected chi connectivity index (χ3v) is 4.28. The van der Waals surface area contributed by atoms with Crippen LogP contribution in [0.4, 0.5) is 0 Å². The second-order valence-corrected chi connectivity index (χ2v) is 5.69. The molecule has 0 atom stereocenters. The predicted octanol–water partition coefficient (Wildman–Crippen LogP) is 2.99. The lowest BCUT2D eigenvalue weighted by atomic mass is 10.0. The Hall–Kier alpha value is -1.58. The lowest BCUT2D eigenvalue weighted by Gasteiger charge is -2.19. The lowest BCUT2D eigenvalue weighted by molar-refractivity contribution is 0.276. The van der Waals surface area contributed by atoms with Gasteiger partial charge in [-0.3, -0.25) is 4.90 Å². The Bertz CT molecular complexity index is 549. The fourth-order valence-corrected chi connectivity index (χ4v) is 3.01. The number of benzene rings is 1. The van der Waals surface area contributed by atoms with Crippen LogP contribution in [0.15, 0.2) is 41.0 Å². The maximum Gasteiger partial charge on any atom is 0.122 e. The van der Waals surface area contributed by atoms with Gasteiger partial charge in [-0.2, -0.15) is 0 Å². The van der Waals surface area contributed by atoms with Crippen LogP contribution in [0.25, 0.3) is 0 Å². The maximum atomic E-state index is 5.61. The van der Waals surface area contributed by atoms with Crippen molar-refractivity contribution in [1.29, 1.82) is 0 Å². The Morgan fingerprint density at radius 2 is 1.81 bits per heavy atom. The highest BCUT2D eigenvalue weighted by molar-refractivity contribution is 5.28. The van der Waals surface area contributed by atoms with Gasteiger partial charge in [0.1, 0.15) is 5.76 Å². The molecule has 112 valence electrons. The number of fused-ring (bicyclic) bond motifs is 1. The first kappa shape index (κ1) is 14.4. The van der Waals surface area contributed by atoms with E-state index in [0.717, 1.165) is 51.3 Å². The average molecular weight is 284 g/mol. The first-order chi connectivity index (χ1) is 10.4. The monoisotopic (exact) mass is 284 g/mol. The lowest BCUT2D eigenvalue weighted by Crippen LogP contribution is -2.26. The van der Waals surface area contributed by atoms with Gasteiger partial charge in [-0.25, -0.2) is 0 Å². The van der Waals surface area contributed by atoms with Gasteiger partial charge in [0.05, 0.1) is 12.8 Å². The Labute approximate surface area is 127 Å². The van der Waals surface area contributed by atoms with Gasteiger partial charge < -0.3 is 9.73 Å². The van der Waals surface area contributed by atoms with E-state index in [1.54, 1.807) is 0 Å². The van der Waals surface area contributed by atoms with Crippen LogP contribution in [0.5, 0.6) is 0 Å². The smallest absolute Gasteiger partial charge is 0.122 e. The molecular weight excluding hydrogens is 260 g/mol. The molecule has 0 spiro atoms. The molecule has 1 aromatic heterocycles. The Morgan fingerprint density at radius 3 is 2.48 bits per heavy atom. The van der Waals surface area contributed by atoms with Crippen LogP contribution in [0.3, 0.4) is 0 Å². The summed E-state index contributed by atoms with van der Waals surface area (Å²) in [6.07, 6.45) is 4.11. The zero-order chi connectivity index (χ0) is 14.5. The van der Waals surface area contributed by atoms with Gasteiger partial charge in [-0.15, -0.1) is 0 Å². The Balaban J connectivity index is 1.63. The normalized spacial score (nSPS) is 15.7. The summed E-state index contributed by atoms with van der Waals surface area (Å²) in [5, 5.41) is 3.34. The second kappa shape index (κ2) is 6.92. The molecular formula is C18H24N2O. The highest BCUT2D eigenvalue weighted by Gasteiger charge is 2.16. The molecule has 0 saturated carbocycles. The number of hydrogen-bond acceptors (Lipinski definition) is 3. The van der Waals surface area contributed by atoms with Gasteiger partial charge in [0.15, 0.2) is 0 Å². The zero-order valence-corrected chi connectivity index (χ0v) is 12.8. The highest BCUT2D eigenvalue weighted by Crippen LogP contribution is 2.19. The SMILES string of the molecule is CCNCc1occc1CN1CCc2ccccc2CC1. The van der Waals surface area contributed by atoms with Crippen molar-refractivity contribution in [1.82, 2.24) is 10.2 Å². The third-order valence-electron chi connectivity index (χ3n) is 4.28. The van der Waals surface area contributed by atoms with E-state index in [1.165, 1.54) is 16.7 Å². The molecule has 0 bridgehead atoms. The summed E-state index contributed by atoms with van der Waals surface area (Å²) in [5.41, 5.74) is 4.35. The summed E-state index contributed by atoms with van der Waals surface area (Å²) in [6.45, 7) is 7.16. The van der Waals surface area contributed by atoms with Gasteiger partial charge in [0.2, 0.25) is 0 Å². The van der Waals surface area contributed by atoms with Crippen molar-refractivity contribution in [2.24, 2.45) is 0 Å². The molecule has 0 saturated heterocycles. The summed E-state index contributed by atoms with van der Waals surface area (Å²) in [5.74, 6) is 1.08. The Morgan fingerprint density at radius 1 is 1.10 bits per heavy atom. The standard InChI is InChI=1S/C18H24N2O/c1-2-19-13-18-17(9-12-21-18)14-20-10-7-15-5-3-4-6-16(15)8-11-20/h3-6,9,12,19H,2,7-8,10-11,13-14H2,1H3. The molecule has 0 aliphatic carbocycles. The van der Waals surface area contributed by atoms with Crippen LogP contribution in [0, 0.1) is 0 Å². The molecule has 2 heterocycles. The third kappa shape index (κ3) is 3.55. The summed E-state index contributed by atoms with van der Waals surface area (Å²) in [7, 11) is 0. The van der Waals surface area contributed by atoms with Crippen LogP contribution in [0.1, 0.15) is 29.4 Å². The minimum atomic E-state index is 0.826. The van der Waals surface area contributed by atoms with Crippen molar-refractivity contribution in [3.63, 3.8) is 0 Å². The molecule has 1 aliphatic rings. The van der Waals surface area contributed by atoms with E-state index in [2.05, 4.69) is 47.5 Å². The van der Waals surface area contributed by atoms with E-state index < -0.39 is 0 Å². The summed E-state index contributed by atoms with van der Waals surface area (Å²) in [6, 6.07) is 11.0. The minimum absolute atomic E-state index is 0.826. The maximum absolute atomic E-state index is 5.61. The number of nitrogens with zero attached hydrogens (tertiary/aromatic N) is 1. The molecule has 21 heavy (non-hydrogen) atoms. The van der Waals surface area contributed by atoms with E-state index in [4.69, 9.17) is 4.42 Å². The number of rotatable bonds is 5. The zero-order valence-electron chi connectivity index (χ0n) is 12.8. The Kier molecular flexibility index (Phi) is 4.73. The number of furan rings is 1.